The van der Waals surface area contributed by atoms with E-state index in [2.05, 4.69) is 96.9 Å². The molecule has 30 nitrogen and oxygen atoms in total. The number of aliphatic hydroxyl groups excluding tert-OH is 1. The van der Waals surface area contributed by atoms with Gasteiger partial charge in [-0.15, -0.1) is 0 Å². The highest BCUT2D eigenvalue weighted by atomic mass is 16.7. The normalized spacial score (nSPS) is 49.3. The van der Waals surface area contributed by atoms with Crippen LogP contribution < -0.4 is 0 Å². The monoisotopic (exact) mass is 1890 g/mol. The molecule has 3 N–H and O–H groups in total. The van der Waals surface area contributed by atoms with Crippen molar-refractivity contribution >= 4 is 53.5 Å². The smallest absolute Gasteiger partial charge is 0.303 e. The predicted octanol–water partition coefficient (Wildman–Crippen LogP) is 13.9. The van der Waals surface area contributed by atoms with Crippen molar-refractivity contribution in [2.45, 2.75) is 449 Å². The van der Waals surface area contributed by atoms with Gasteiger partial charge in [-0.1, -0.05) is 96.9 Å². The van der Waals surface area contributed by atoms with E-state index >= 15 is 0 Å². The van der Waals surface area contributed by atoms with E-state index in [1.807, 2.05) is 13.8 Å². The Morgan fingerprint density at radius 1 is 0.396 bits per heavy atom. The summed E-state index contributed by atoms with van der Waals surface area (Å²) in [4.78, 5) is 115. The van der Waals surface area contributed by atoms with Crippen LogP contribution in [0.1, 0.15) is 309 Å². The first-order valence-corrected chi connectivity index (χ1v) is 50.6. The molecule has 6 heterocycles. The SMILES string of the molecule is CC(=O)OC[C@H]1OC(O[C@H]2C[C@@H]3[C@]4(CC[C@]5(C)[C@@H]([C@@]6(C)CC[C@@H](C(C)(C)O)O6)C(=O)C[C@@]35C)CC43CCC(O[C@@H]4OC[C@@H](C)[C@H](C)[C@H]4OC(C)=O)C(C)(C)[C@H]23)[C@H](C)[C@@H](OC(C)=O)[C@@H]1OC(C)=O.CC(=O)OC[C@H]1OC(O[C@H]2C[C@@H]3[C@]4(CC[C@]5(C)[C@@H]([C@@]6(C)CC[C@@H](C(C)(C)O)O6)[C@@H](O)C[C@@]35C)CC43CCC(O[C@@H]4OC[C@@H](C)[C@H](C)[C@H]4OC(C)=O)C(C)(C)[C@H]23)[C@H](C)[C@@H](OC(C)=O)[C@@H]1OC(C)=O. The lowest BCUT2D eigenvalue weighted by Crippen LogP contribution is -2.65. The van der Waals surface area contributed by atoms with E-state index in [9.17, 15) is 58.5 Å². The first-order chi connectivity index (χ1) is 62.1. The van der Waals surface area contributed by atoms with Gasteiger partial charge in [-0.2, -0.15) is 0 Å². The molecule has 4 spiro atoms. The number of hydrogen-bond acceptors (Lipinski definition) is 30. The molecule has 10 saturated carbocycles. The van der Waals surface area contributed by atoms with E-state index in [4.69, 9.17) is 85.3 Å². The van der Waals surface area contributed by atoms with E-state index in [0.717, 1.165) is 77.0 Å². The van der Waals surface area contributed by atoms with Crippen molar-refractivity contribution in [2.24, 2.45) is 125 Å². The van der Waals surface area contributed by atoms with Crippen molar-refractivity contribution in [3.8, 4) is 0 Å². The van der Waals surface area contributed by atoms with Crippen LogP contribution in [0.2, 0.25) is 0 Å². The fourth-order valence-corrected chi connectivity index (χ4v) is 32.8. The van der Waals surface area contributed by atoms with Gasteiger partial charge in [0.15, 0.2) is 49.6 Å². The van der Waals surface area contributed by atoms with Crippen LogP contribution in [-0.2, 0) is 128 Å². The van der Waals surface area contributed by atoms with Crippen LogP contribution >= 0.6 is 0 Å². The van der Waals surface area contributed by atoms with Crippen LogP contribution in [-0.4, -0.2) is 234 Å². The molecule has 6 saturated heterocycles. The highest BCUT2D eigenvalue weighted by Crippen LogP contribution is 2.92. The molecular formula is C104H162O30. The fraction of sp³-hybridized carbons (Fsp3) is 0.913. The molecule has 0 amide bonds. The Balaban J connectivity index is 0.000000204. The summed E-state index contributed by atoms with van der Waals surface area (Å²) in [6.07, 6.45) is 0.695. The second-order valence-electron chi connectivity index (χ2n) is 49.0. The average molecular weight is 1890 g/mol. The number of fused-ring (bicyclic) bond motifs is 4. The summed E-state index contributed by atoms with van der Waals surface area (Å²) in [7, 11) is 0. The summed E-state index contributed by atoms with van der Waals surface area (Å²) < 4.78 is 115. The van der Waals surface area contributed by atoms with Gasteiger partial charge in [-0.05, 0) is 240 Å². The number of esters is 8. The minimum absolute atomic E-state index is 0.0119. The summed E-state index contributed by atoms with van der Waals surface area (Å²) in [6.45, 7) is 53.0. The molecule has 134 heavy (non-hydrogen) atoms. The molecule has 16 fully saturated rings. The van der Waals surface area contributed by atoms with Gasteiger partial charge in [0.1, 0.15) is 43.4 Å². The van der Waals surface area contributed by atoms with Crippen molar-refractivity contribution in [1.82, 2.24) is 0 Å². The maximum absolute atomic E-state index is 14.9. The highest BCUT2D eigenvalue weighted by molar-refractivity contribution is 5.87. The molecule has 0 aromatic heterocycles. The van der Waals surface area contributed by atoms with Gasteiger partial charge < -0.3 is 101 Å². The molecule has 6 unspecified atom stereocenters. The Hall–Kier alpha value is -5.09. The lowest BCUT2D eigenvalue weighted by atomic mass is 9.41. The average Bonchev–Trinajstić information content (AvgIpc) is 1.46. The van der Waals surface area contributed by atoms with Gasteiger partial charge in [-0.3, -0.25) is 43.2 Å². The number of carbonyl (C=O) groups is 9. The van der Waals surface area contributed by atoms with E-state index in [-0.39, 0.29) is 147 Å². The lowest BCUT2D eigenvalue weighted by Gasteiger charge is -2.65. The highest BCUT2D eigenvalue weighted by Gasteiger charge is 2.88. The van der Waals surface area contributed by atoms with Crippen LogP contribution in [0, 0.1) is 125 Å². The number of aliphatic hydroxyl groups is 3. The molecule has 0 aromatic carbocycles. The van der Waals surface area contributed by atoms with Crippen LogP contribution in [0.4, 0.5) is 0 Å². The van der Waals surface area contributed by atoms with E-state index in [1.54, 1.807) is 27.7 Å². The maximum Gasteiger partial charge on any atom is 0.303 e. The number of ether oxygens (including phenoxy) is 18. The molecule has 16 aliphatic rings. The van der Waals surface area contributed by atoms with Crippen LogP contribution in [0.5, 0.6) is 0 Å². The van der Waals surface area contributed by atoms with Gasteiger partial charge in [0, 0.05) is 91.4 Å². The van der Waals surface area contributed by atoms with Crippen LogP contribution in [0.15, 0.2) is 0 Å². The zero-order valence-electron chi connectivity index (χ0n) is 85.3. The van der Waals surface area contributed by atoms with E-state index in [0.29, 0.717) is 51.7 Å². The standard InChI is InChI=1S/C52H82O15.C52H80O15/c2*1-26-23-60-45(40(27(26)2)62-31(6)55)66-37-16-18-52-25-51(52)20-19-48(12)42(50(14)17-15-38(67-50)47(10,11)58)33(57)22-49(48,13)36(51)21-34(43(52)46(37,8)9)64-44-28(3)39(61-30(5)54)41(63-32(7)56)35(65-44)24-59-29(4)53/h26-28,33-45,57-58H,15-25H2,1-14H3;26-28,34-45,58H,15-25H2,1-14H3/t26-,27+,28-,33+,34+,35-,36+,37?,38+,39-,40-,41-,42+,43+,44?,45+,48-,49+,50-,51+,52?;26-,27+,28-,34+,35-,36+,37?,38+,39-,40-,41-,42+,43+,44?,45+,48-,49+,50-,51+,52?/m11/s1. The molecule has 6 aliphatic heterocycles. The zero-order chi connectivity index (χ0) is 98.4. The van der Waals surface area contributed by atoms with Crippen molar-refractivity contribution in [3.05, 3.63) is 0 Å². The van der Waals surface area contributed by atoms with Gasteiger partial charge in [-0.25, -0.2) is 0 Å². The van der Waals surface area contributed by atoms with Crippen molar-refractivity contribution in [3.63, 3.8) is 0 Å². The number of hydrogen-bond donors (Lipinski definition) is 3. The number of carbonyl (C=O) groups excluding carboxylic acids is 9. The Bertz CT molecular complexity index is 4420. The number of ketones is 1. The molecule has 758 valence electrons. The van der Waals surface area contributed by atoms with Crippen LogP contribution in [0.25, 0.3) is 0 Å². The Labute approximate surface area is 793 Å². The molecule has 16 rings (SSSR count). The zero-order valence-corrected chi connectivity index (χ0v) is 85.3. The summed E-state index contributed by atoms with van der Waals surface area (Å²) in [6, 6.07) is 0. The van der Waals surface area contributed by atoms with Gasteiger partial charge in [0.2, 0.25) is 0 Å². The first-order valence-electron chi connectivity index (χ1n) is 50.6. The molecule has 0 bridgehead atoms. The number of rotatable bonds is 22. The maximum atomic E-state index is 14.9. The van der Waals surface area contributed by atoms with Crippen molar-refractivity contribution < 1.29 is 144 Å². The van der Waals surface area contributed by atoms with E-state index in [1.165, 1.54) is 55.4 Å². The minimum atomic E-state index is -1.08. The third-order valence-electron chi connectivity index (χ3n) is 39.4. The first kappa shape index (κ1) is 103. The predicted molar refractivity (Wildman–Crippen MR) is 482 cm³/mol. The quantitative estimate of drug-likeness (QED) is 0.0515. The molecule has 0 radical (unpaired) electrons. The van der Waals surface area contributed by atoms with Crippen molar-refractivity contribution in [1.29, 1.82) is 0 Å². The second-order valence-corrected chi connectivity index (χ2v) is 49.0. The van der Waals surface area contributed by atoms with Crippen LogP contribution in [0.3, 0.4) is 0 Å². The topological polar surface area (TPSA) is 380 Å². The third kappa shape index (κ3) is 17.3. The molecule has 30 heteroatoms. The summed E-state index contributed by atoms with van der Waals surface area (Å²) in [5.74, 6) is -5.24. The molecule has 41 atom stereocenters. The van der Waals surface area contributed by atoms with Gasteiger partial charge >= 0.3 is 47.8 Å². The Morgan fingerprint density at radius 3 is 1.14 bits per heavy atom. The molecule has 10 aliphatic carbocycles. The fourth-order valence-electron chi connectivity index (χ4n) is 32.8. The molecular weight excluding hydrogens is 1730 g/mol. The summed E-state index contributed by atoms with van der Waals surface area (Å²) >= 11 is 0. The summed E-state index contributed by atoms with van der Waals surface area (Å²) in [5.41, 5.74) is -6.29. The minimum Gasteiger partial charge on any atom is -0.463 e. The second kappa shape index (κ2) is 36.1. The Kier molecular flexibility index (Phi) is 27.8. The van der Waals surface area contributed by atoms with Crippen molar-refractivity contribution in [2.75, 3.05) is 26.4 Å². The number of Topliss-reactive ketones (excluding diaryl/α,β-unsaturated/α-hetero) is 1. The summed E-state index contributed by atoms with van der Waals surface area (Å²) in [5, 5.41) is 34.6. The third-order valence-corrected chi connectivity index (χ3v) is 39.4. The van der Waals surface area contributed by atoms with Gasteiger partial charge in [0.25, 0.3) is 0 Å². The van der Waals surface area contributed by atoms with E-state index < -0.39 is 184 Å². The van der Waals surface area contributed by atoms with Gasteiger partial charge in [0.05, 0.1) is 84.3 Å². The largest absolute Gasteiger partial charge is 0.463 e. The lowest BCUT2D eigenvalue weighted by molar-refractivity contribution is -0.329. The molecule has 0 aromatic rings. The Morgan fingerprint density at radius 2 is 0.761 bits per heavy atom.